The summed E-state index contributed by atoms with van der Waals surface area (Å²) in [5, 5.41) is 8.96. The van der Waals surface area contributed by atoms with Crippen molar-refractivity contribution in [2.24, 2.45) is 0 Å². The van der Waals surface area contributed by atoms with E-state index >= 15 is 0 Å². The molecule has 0 saturated heterocycles. The first-order valence-electron chi connectivity index (χ1n) is 4.93. The molecular weight excluding hydrogens is 238 g/mol. The van der Waals surface area contributed by atoms with Crippen molar-refractivity contribution >= 4 is 23.4 Å². The van der Waals surface area contributed by atoms with E-state index in [0.29, 0.717) is 0 Å². The van der Waals surface area contributed by atoms with Crippen LogP contribution in [0, 0.1) is 6.92 Å². The van der Waals surface area contributed by atoms with Crippen LogP contribution >= 0.6 is 11.8 Å². The number of rotatable bonds is 3. The second kappa shape index (κ2) is 4.55. The van der Waals surface area contributed by atoms with Gasteiger partial charge in [-0.05, 0) is 25.1 Å². The Morgan fingerprint density at radius 3 is 2.71 bits per heavy atom. The van der Waals surface area contributed by atoms with Crippen LogP contribution in [-0.2, 0) is 0 Å². The average Bonchev–Trinajstić information content (AvgIpc) is 2.67. The van der Waals surface area contributed by atoms with Gasteiger partial charge in [-0.25, -0.2) is 4.79 Å². The van der Waals surface area contributed by atoms with Gasteiger partial charge in [0, 0.05) is 4.90 Å². The number of benzene rings is 1. The molecule has 0 aliphatic carbocycles. The highest BCUT2D eigenvalue weighted by Gasteiger charge is 2.13. The Labute approximate surface area is 102 Å². The van der Waals surface area contributed by atoms with Crippen LogP contribution in [0.1, 0.15) is 16.1 Å². The molecule has 1 heterocycles. The lowest BCUT2D eigenvalue weighted by Gasteiger charge is -2.07. The number of carboxylic acid groups (broad SMARTS) is 1. The van der Waals surface area contributed by atoms with Gasteiger partial charge in [0.25, 0.3) is 0 Å². The highest BCUT2D eigenvalue weighted by molar-refractivity contribution is 7.99. The number of nitrogens with two attached hydrogens (primary N) is 1. The zero-order chi connectivity index (χ0) is 12.4. The van der Waals surface area contributed by atoms with Crippen LogP contribution in [0.4, 0.5) is 5.69 Å². The number of furan rings is 1. The standard InChI is InChI=1S/C12H11NO3S/c1-7-9(5-6-16-7)17-10-4-2-3-8(11(10)13)12(14)15/h2-6H,13H2,1H3,(H,14,15). The first-order chi connectivity index (χ1) is 8.09. The number of carbonyl (C=O) groups is 1. The molecule has 0 fully saturated rings. The van der Waals surface area contributed by atoms with Gasteiger partial charge in [-0.3, -0.25) is 0 Å². The molecule has 0 bridgehead atoms. The molecule has 0 amide bonds. The summed E-state index contributed by atoms with van der Waals surface area (Å²) < 4.78 is 5.18. The molecule has 1 aromatic heterocycles. The minimum absolute atomic E-state index is 0.121. The van der Waals surface area contributed by atoms with Crippen LogP contribution in [0.15, 0.2) is 44.7 Å². The van der Waals surface area contributed by atoms with Gasteiger partial charge in [0.1, 0.15) is 5.76 Å². The predicted octanol–water partition coefficient (Wildman–Crippen LogP) is 3.02. The van der Waals surface area contributed by atoms with Crippen molar-refractivity contribution in [3.05, 3.63) is 41.9 Å². The van der Waals surface area contributed by atoms with Crippen molar-refractivity contribution in [1.82, 2.24) is 0 Å². The number of aromatic carboxylic acids is 1. The van der Waals surface area contributed by atoms with E-state index < -0.39 is 5.97 Å². The van der Waals surface area contributed by atoms with Crippen LogP contribution in [0.5, 0.6) is 0 Å². The number of carboxylic acids is 1. The highest BCUT2D eigenvalue weighted by atomic mass is 32.2. The van der Waals surface area contributed by atoms with Crippen LogP contribution in [0.3, 0.4) is 0 Å². The molecule has 1 aromatic carbocycles. The Bertz CT molecular complexity index is 563. The smallest absolute Gasteiger partial charge is 0.337 e. The van der Waals surface area contributed by atoms with E-state index in [0.717, 1.165) is 15.6 Å². The number of nitrogen functional groups attached to an aromatic ring is 1. The minimum Gasteiger partial charge on any atom is -0.478 e. The lowest BCUT2D eigenvalue weighted by Crippen LogP contribution is -2.03. The quantitative estimate of drug-likeness (QED) is 0.818. The summed E-state index contributed by atoms with van der Waals surface area (Å²) in [5.41, 5.74) is 6.22. The summed E-state index contributed by atoms with van der Waals surface area (Å²) in [7, 11) is 0. The summed E-state index contributed by atoms with van der Waals surface area (Å²) in [6.07, 6.45) is 1.59. The lowest BCUT2D eigenvalue weighted by atomic mass is 10.2. The summed E-state index contributed by atoms with van der Waals surface area (Å²) in [6, 6.07) is 6.78. The maximum Gasteiger partial charge on any atom is 0.337 e. The summed E-state index contributed by atoms with van der Waals surface area (Å²) in [4.78, 5) is 12.6. The molecular formula is C12H11NO3S. The van der Waals surface area contributed by atoms with Crippen molar-refractivity contribution in [3.8, 4) is 0 Å². The molecule has 3 N–H and O–H groups in total. The third-order valence-electron chi connectivity index (χ3n) is 2.33. The van der Waals surface area contributed by atoms with Crippen LogP contribution in [0.2, 0.25) is 0 Å². The number of aryl methyl sites for hydroxylation is 1. The molecule has 0 unspecified atom stereocenters. The second-order valence-electron chi connectivity index (χ2n) is 3.47. The van der Waals surface area contributed by atoms with Crippen molar-refractivity contribution in [1.29, 1.82) is 0 Å². The molecule has 4 nitrogen and oxygen atoms in total. The number of para-hydroxylation sites is 1. The van der Waals surface area contributed by atoms with E-state index in [2.05, 4.69) is 0 Å². The molecule has 2 aromatic rings. The molecule has 17 heavy (non-hydrogen) atoms. The molecule has 0 radical (unpaired) electrons. The zero-order valence-electron chi connectivity index (χ0n) is 9.14. The van der Waals surface area contributed by atoms with E-state index in [1.807, 2.05) is 13.0 Å². The number of hydrogen-bond donors (Lipinski definition) is 2. The van der Waals surface area contributed by atoms with Gasteiger partial charge in [-0.2, -0.15) is 0 Å². The summed E-state index contributed by atoms with van der Waals surface area (Å²) >= 11 is 1.40. The maximum absolute atomic E-state index is 10.9. The SMILES string of the molecule is Cc1occc1Sc1cccc(C(=O)O)c1N. The van der Waals surface area contributed by atoms with Crippen LogP contribution in [0.25, 0.3) is 0 Å². The number of hydrogen-bond acceptors (Lipinski definition) is 4. The minimum atomic E-state index is -1.02. The third-order valence-corrected chi connectivity index (χ3v) is 3.55. The van der Waals surface area contributed by atoms with Gasteiger partial charge >= 0.3 is 5.97 Å². The van der Waals surface area contributed by atoms with Crippen molar-refractivity contribution < 1.29 is 14.3 Å². The topological polar surface area (TPSA) is 76.5 Å². The summed E-state index contributed by atoms with van der Waals surface area (Å²) in [5.74, 6) is -0.232. The fraction of sp³-hybridized carbons (Fsp3) is 0.0833. The molecule has 5 heteroatoms. The van der Waals surface area contributed by atoms with Crippen LogP contribution in [-0.4, -0.2) is 11.1 Å². The molecule has 0 aliphatic rings. The van der Waals surface area contributed by atoms with E-state index in [1.165, 1.54) is 17.8 Å². The second-order valence-corrected chi connectivity index (χ2v) is 4.55. The van der Waals surface area contributed by atoms with Gasteiger partial charge in [0.05, 0.1) is 22.4 Å². The first kappa shape index (κ1) is 11.6. The maximum atomic E-state index is 10.9. The predicted molar refractivity (Wildman–Crippen MR) is 65.4 cm³/mol. The molecule has 0 saturated carbocycles. The van der Waals surface area contributed by atoms with Gasteiger partial charge in [-0.1, -0.05) is 17.8 Å². The third kappa shape index (κ3) is 2.29. The first-order valence-corrected chi connectivity index (χ1v) is 5.75. The summed E-state index contributed by atoms with van der Waals surface area (Å²) in [6.45, 7) is 1.85. The van der Waals surface area contributed by atoms with Crippen LogP contribution < -0.4 is 5.73 Å². The Morgan fingerprint density at radius 1 is 1.35 bits per heavy atom. The molecule has 0 aliphatic heterocycles. The van der Waals surface area contributed by atoms with Gasteiger partial charge in [0.2, 0.25) is 0 Å². The van der Waals surface area contributed by atoms with E-state index in [4.69, 9.17) is 15.3 Å². The van der Waals surface area contributed by atoms with Crippen molar-refractivity contribution in [2.45, 2.75) is 16.7 Å². The normalized spacial score (nSPS) is 10.4. The van der Waals surface area contributed by atoms with E-state index in [9.17, 15) is 4.79 Å². The van der Waals surface area contributed by atoms with Crippen molar-refractivity contribution in [2.75, 3.05) is 5.73 Å². The van der Waals surface area contributed by atoms with Crippen molar-refractivity contribution in [3.63, 3.8) is 0 Å². The zero-order valence-corrected chi connectivity index (χ0v) is 9.95. The fourth-order valence-electron chi connectivity index (χ4n) is 1.42. The van der Waals surface area contributed by atoms with Gasteiger partial charge in [0.15, 0.2) is 0 Å². The van der Waals surface area contributed by atoms with Gasteiger partial charge in [-0.15, -0.1) is 0 Å². The Kier molecular flexibility index (Phi) is 3.10. The van der Waals surface area contributed by atoms with E-state index in [1.54, 1.807) is 18.4 Å². The van der Waals surface area contributed by atoms with Gasteiger partial charge < -0.3 is 15.3 Å². The lowest BCUT2D eigenvalue weighted by molar-refractivity contribution is 0.0698. The highest BCUT2D eigenvalue weighted by Crippen LogP contribution is 2.35. The fourth-order valence-corrected chi connectivity index (χ4v) is 2.34. The largest absolute Gasteiger partial charge is 0.478 e. The Hall–Kier alpha value is -1.88. The molecule has 0 atom stereocenters. The average molecular weight is 249 g/mol. The Morgan fingerprint density at radius 2 is 2.12 bits per heavy atom. The molecule has 88 valence electrons. The number of anilines is 1. The van der Waals surface area contributed by atoms with E-state index in [-0.39, 0.29) is 11.3 Å². The Balaban J connectivity index is 2.37. The monoisotopic (exact) mass is 249 g/mol. The molecule has 2 rings (SSSR count). The molecule has 0 spiro atoms.